The standard InChI is InChI=1S/C13H20O2/c1-9-6-11(13(2,3)4)12(15-5)7-10(9)8-14/h6-7,14H,8H2,1-5H3. The molecule has 0 aliphatic rings. The summed E-state index contributed by atoms with van der Waals surface area (Å²) in [5.74, 6) is 0.858. The van der Waals surface area contributed by atoms with Crippen LogP contribution in [0.4, 0.5) is 0 Å². The van der Waals surface area contributed by atoms with Crippen molar-refractivity contribution in [3.63, 3.8) is 0 Å². The van der Waals surface area contributed by atoms with Gasteiger partial charge in [-0.05, 0) is 35.1 Å². The van der Waals surface area contributed by atoms with Crippen LogP contribution in [-0.2, 0) is 12.0 Å². The van der Waals surface area contributed by atoms with Gasteiger partial charge in [0.15, 0.2) is 0 Å². The first kappa shape index (κ1) is 12.1. The van der Waals surface area contributed by atoms with Gasteiger partial charge in [0.05, 0.1) is 13.7 Å². The SMILES string of the molecule is COc1cc(CO)c(C)cc1C(C)(C)C. The first-order chi connectivity index (χ1) is 6.90. The highest BCUT2D eigenvalue weighted by atomic mass is 16.5. The van der Waals surface area contributed by atoms with E-state index in [1.807, 2.05) is 13.0 Å². The fourth-order valence-electron chi connectivity index (χ4n) is 1.66. The van der Waals surface area contributed by atoms with Crippen molar-refractivity contribution in [2.75, 3.05) is 7.11 Å². The molecule has 0 aliphatic heterocycles. The summed E-state index contributed by atoms with van der Waals surface area (Å²) in [7, 11) is 1.67. The fraction of sp³-hybridized carbons (Fsp3) is 0.538. The van der Waals surface area contributed by atoms with E-state index in [0.29, 0.717) is 0 Å². The molecule has 0 aliphatic carbocycles. The van der Waals surface area contributed by atoms with Crippen LogP contribution in [0.15, 0.2) is 12.1 Å². The molecule has 0 atom stereocenters. The minimum absolute atomic E-state index is 0.0596. The van der Waals surface area contributed by atoms with Gasteiger partial charge in [-0.1, -0.05) is 26.8 Å². The average Bonchev–Trinajstić information content (AvgIpc) is 2.16. The van der Waals surface area contributed by atoms with E-state index >= 15 is 0 Å². The van der Waals surface area contributed by atoms with Crippen molar-refractivity contribution < 1.29 is 9.84 Å². The molecule has 15 heavy (non-hydrogen) atoms. The van der Waals surface area contributed by atoms with Gasteiger partial charge in [-0.15, -0.1) is 0 Å². The highest BCUT2D eigenvalue weighted by Gasteiger charge is 2.19. The number of ether oxygens (including phenoxy) is 1. The van der Waals surface area contributed by atoms with E-state index in [0.717, 1.165) is 16.9 Å². The lowest BCUT2D eigenvalue weighted by atomic mass is 9.84. The van der Waals surface area contributed by atoms with E-state index in [-0.39, 0.29) is 12.0 Å². The molecule has 1 aromatic rings. The Morgan fingerprint density at radius 1 is 1.27 bits per heavy atom. The van der Waals surface area contributed by atoms with Crippen molar-refractivity contribution in [3.8, 4) is 5.75 Å². The van der Waals surface area contributed by atoms with Crippen molar-refractivity contribution >= 4 is 0 Å². The first-order valence-corrected chi connectivity index (χ1v) is 5.19. The van der Waals surface area contributed by atoms with Crippen molar-refractivity contribution in [1.82, 2.24) is 0 Å². The molecule has 1 N–H and O–H groups in total. The zero-order chi connectivity index (χ0) is 11.6. The van der Waals surface area contributed by atoms with Crippen LogP contribution in [-0.4, -0.2) is 12.2 Å². The maximum atomic E-state index is 9.18. The Hall–Kier alpha value is -1.02. The predicted octanol–water partition coefficient (Wildman–Crippen LogP) is 2.79. The third kappa shape index (κ3) is 2.51. The Labute approximate surface area is 91.9 Å². The van der Waals surface area contributed by atoms with E-state index in [2.05, 4.69) is 26.8 Å². The lowest BCUT2D eigenvalue weighted by Crippen LogP contribution is -2.13. The smallest absolute Gasteiger partial charge is 0.122 e. The topological polar surface area (TPSA) is 29.5 Å². The van der Waals surface area contributed by atoms with Gasteiger partial charge in [0.25, 0.3) is 0 Å². The number of hydrogen-bond acceptors (Lipinski definition) is 2. The lowest BCUT2D eigenvalue weighted by Gasteiger charge is -2.23. The normalized spacial score (nSPS) is 11.6. The molecule has 0 saturated heterocycles. The van der Waals surface area contributed by atoms with Crippen LogP contribution < -0.4 is 4.74 Å². The van der Waals surface area contributed by atoms with Crippen molar-refractivity contribution in [3.05, 3.63) is 28.8 Å². The molecule has 0 amide bonds. The summed E-state index contributed by atoms with van der Waals surface area (Å²) in [5.41, 5.74) is 3.28. The molecule has 0 heterocycles. The van der Waals surface area contributed by atoms with Gasteiger partial charge >= 0.3 is 0 Å². The van der Waals surface area contributed by atoms with Crippen LogP contribution in [0.3, 0.4) is 0 Å². The Bertz CT molecular complexity index is 348. The van der Waals surface area contributed by atoms with Gasteiger partial charge < -0.3 is 9.84 Å². The number of aryl methyl sites for hydroxylation is 1. The lowest BCUT2D eigenvalue weighted by molar-refractivity contribution is 0.280. The Balaban J connectivity index is 3.34. The Morgan fingerprint density at radius 3 is 2.27 bits per heavy atom. The van der Waals surface area contributed by atoms with Crippen LogP contribution in [0.1, 0.15) is 37.5 Å². The first-order valence-electron chi connectivity index (χ1n) is 5.19. The van der Waals surface area contributed by atoms with Crippen LogP contribution >= 0.6 is 0 Å². The van der Waals surface area contributed by atoms with E-state index in [9.17, 15) is 5.11 Å². The highest BCUT2D eigenvalue weighted by Crippen LogP contribution is 2.33. The summed E-state index contributed by atoms with van der Waals surface area (Å²) in [6.07, 6.45) is 0. The molecule has 0 saturated carbocycles. The number of benzene rings is 1. The van der Waals surface area contributed by atoms with Gasteiger partial charge in [-0.2, -0.15) is 0 Å². The predicted molar refractivity (Wildman–Crippen MR) is 62.4 cm³/mol. The second kappa shape index (κ2) is 4.23. The monoisotopic (exact) mass is 208 g/mol. The highest BCUT2D eigenvalue weighted by molar-refractivity contribution is 5.45. The molecule has 1 aromatic carbocycles. The molecule has 0 bridgehead atoms. The van der Waals surface area contributed by atoms with Gasteiger partial charge in [0, 0.05) is 0 Å². The molecule has 2 nitrogen and oxygen atoms in total. The van der Waals surface area contributed by atoms with Gasteiger partial charge in [-0.25, -0.2) is 0 Å². The molecular weight excluding hydrogens is 188 g/mol. The fourth-order valence-corrected chi connectivity index (χ4v) is 1.66. The maximum absolute atomic E-state index is 9.18. The Kier molecular flexibility index (Phi) is 3.40. The van der Waals surface area contributed by atoms with Crippen LogP contribution in [0.5, 0.6) is 5.75 Å². The molecular formula is C13H20O2. The summed E-state index contributed by atoms with van der Waals surface area (Å²) < 4.78 is 5.36. The van der Waals surface area contributed by atoms with E-state index in [1.54, 1.807) is 7.11 Å². The average molecular weight is 208 g/mol. The molecule has 0 spiro atoms. The summed E-state index contributed by atoms with van der Waals surface area (Å²) in [5, 5.41) is 9.18. The van der Waals surface area contributed by atoms with Gasteiger partial charge in [-0.3, -0.25) is 0 Å². The quantitative estimate of drug-likeness (QED) is 0.809. The van der Waals surface area contributed by atoms with E-state index < -0.39 is 0 Å². The summed E-state index contributed by atoms with van der Waals surface area (Å²) in [4.78, 5) is 0. The summed E-state index contributed by atoms with van der Waals surface area (Å²) >= 11 is 0. The van der Waals surface area contributed by atoms with Crippen molar-refractivity contribution in [1.29, 1.82) is 0 Å². The number of hydrogen-bond donors (Lipinski definition) is 1. The molecule has 0 fully saturated rings. The van der Waals surface area contributed by atoms with Crippen LogP contribution in [0.2, 0.25) is 0 Å². The molecule has 84 valence electrons. The van der Waals surface area contributed by atoms with Gasteiger partial charge in [0.2, 0.25) is 0 Å². The Morgan fingerprint density at radius 2 is 1.87 bits per heavy atom. The largest absolute Gasteiger partial charge is 0.496 e. The van der Waals surface area contributed by atoms with E-state index in [4.69, 9.17) is 4.74 Å². The number of aliphatic hydroxyl groups is 1. The second-order valence-electron chi connectivity index (χ2n) is 4.89. The zero-order valence-corrected chi connectivity index (χ0v) is 10.2. The van der Waals surface area contributed by atoms with Crippen molar-refractivity contribution in [2.45, 2.75) is 39.7 Å². The van der Waals surface area contributed by atoms with Gasteiger partial charge in [0.1, 0.15) is 5.75 Å². The summed E-state index contributed by atoms with van der Waals surface area (Å²) in [6.45, 7) is 8.54. The molecule has 1 rings (SSSR count). The van der Waals surface area contributed by atoms with Crippen molar-refractivity contribution in [2.24, 2.45) is 0 Å². The zero-order valence-electron chi connectivity index (χ0n) is 10.2. The number of rotatable bonds is 2. The van der Waals surface area contributed by atoms with E-state index in [1.165, 1.54) is 5.56 Å². The molecule has 0 unspecified atom stereocenters. The molecule has 0 radical (unpaired) electrons. The minimum atomic E-state index is 0.0596. The second-order valence-corrected chi connectivity index (χ2v) is 4.89. The molecule has 0 aromatic heterocycles. The minimum Gasteiger partial charge on any atom is -0.496 e. The third-order valence-electron chi connectivity index (χ3n) is 2.64. The molecule has 2 heteroatoms. The van der Waals surface area contributed by atoms with Crippen LogP contribution in [0.25, 0.3) is 0 Å². The van der Waals surface area contributed by atoms with Crippen LogP contribution in [0, 0.1) is 6.92 Å². The summed E-state index contributed by atoms with van der Waals surface area (Å²) in [6, 6.07) is 4.03. The number of methoxy groups -OCH3 is 1. The maximum Gasteiger partial charge on any atom is 0.122 e. The number of aliphatic hydroxyl groups excluding tert-OH is 1. The third-order valence-corrected chi connectivity index (χ3v) is 2.64.